The van der Waals surface area contributed by atoms with Crippen LogP contribution in [-0.2, 0) is 4.74 Å². The average Bonchev–Trinajstić information content (AvgIpc) is 2.38. The van der Waals surface area contributed by atoms with Crippen LogP contribution in [0.15, 0.2) is 0 Å². The van der Waals surface area contributed by atoms with Gasteiger partial charge in [0.05, 0.1) is 6.61 Å². The second kappa shape index (κ2) is 4.49. The van der Waals surface area contributed by atoms with Gasteiger partial charge in [-0.3, -0.25) is 0 Å². The van der Waals surface area contributed by atoms with Crippen molar-refractivity contribution in [1.29, 1.82) is 0 Å². The zero-order chi connectivity index (χ0) is 12.1. The normalized spacial score (nSPS) is 52.5. The molecule has 0 aromatic heterocycles. The van der Waals surface area contributed by atoms with E-state index in [1.807, 2.05) is 0 Å². The Hall–Kier alpha value is -0.0800. The molecule has 102 valence electrons. The number of hydrogen-bond acceptors (Lipinski definition) is 2. The third-order valence-corrected chi connectivity index (χ3v) is 6.48. The average molecular weight is 249 g/mol. The summed E-state index contributed by atoms with van der Waals surface area (Å²) in [5, 5.41) is 0. The number of ether oxygens (including phenoxy) is 1. The van der Waals surface area contributed by atoms with Gasteiger partial charge in [-0.2, -0.15) is 0 Å². The summed E-state index contributed by atoms with van der Waals surface area (Å²) in [4.78, 5) is 0. The van der Waals surface area contributed by atoms with Crippen LogP contribution >= 0.6 is 0 Å². The maximum atomic E-state index is 6.69. The predicted molar refractivity (Wildman–Crippen MR) is 72.1 cm³/mol. The topological polar surface area (TPSA) is 35.2 Å². The fourth-order valence-corrected chi connectivity index (χ4v) is 5.98. The Morgan fingerprint density at radius 2 is 1.61 bits per heavy atom. The minimum atomic E-state index is 0.431. The summed E-state index contributed by atoms with van der Waals surface area (Å²) in [5.74, 6) is 5.57. The molecule has 2 heteroatoms. The lowest BCUT2D eigenvalue weighted by Gasteiger charge is -2.57. The van der Waals surface area contributed by atoms with Crippen LogP contribution in [0.5, 0.6) is 0 Å². The van der Waals surface area contributed by atoms with Crippen LogP contribution in [0.25, 0.3) is 0 Å². The minimum Gasteiger partial charge on any atom is -0.381 e. The molecule has 4 bridgehead atoms. The molecule has 0 radical (unpaired) electrons. The summed E-state index contributed by atoms with van der Waals surface area (Å²) < 4.78 is 5.67. The minimum absolute atomic E-state index is 0.431. The maximum Gasteiger partial charge on any atom is 0.0509 e. The highest BCUT2D eigenvalue weighted by atomic mass is 16.5. The quantitative estimate of drug-likeness (QED) is 0.817. The molecule has 1 aliphatic heterocycles. The summed E-state index contributed by atoms with van der Waals surface area (Å²) in [6.07, 6.45) is 10.1. The zero-order valence-corrected chi connectivity index (χ0v) is 11.4. The van der Waals surface area contributed by atoms with Crippen molar-refractivity contribution in [1.82, 2.24) is 0 Å². The van der Waals surface area contributed by atoms with E-state index in [0.717, 1.165) is 42.8 Å². The van der Waals surface area contributed by atoms with Crippen LogP contribution in [0, 0.1) is 35.5 Å². The first-order chi connectivity index (χ1) is 8.81. The molecule has 2 N–H and O–H groups in total. The first-order valence-electron chi connectivity index (χ1n) is 8.14. The van der Waals surface area contributed by atoms with Crippen molar-refractivity contribution in [3.05, 3.63) is 0 Å². The van der Waals surface area contributed by atoms with Crippen LogP contribution in [0.4, 0.5) is 0 Å². The van der Waals surface area contributed by atoms with Gasteiger partial charge in [-0.25, -0.2) is 0 Å². The van der Waals surface area contributed by atoms with Gasteiger partial charge in [0.15, 0.2) is 0 Å². The summed E-state index contributed by atoms with van der Waals surface area (Å²) in [6.45, 7) is 1.90. The Labute approximate surface area is 111 Å². The fourth-order valence-electron chi connectivity index (χ4n) is 5.98. The Balaban J connectivity index is 1.50. The van der Waals surface area contributed by atoms with Crippen molar-refractivity contribution in [3.63, 3.8) is 0 Å². The lowest BCUT2D eigenvalue weighted by atomic mass is 9.50. The number of rotatable bonds is 2. The third kappa shape index (κ3) is 1.84. The van der Waals surface area contributed by atoms with E-state index in [9.17, 15) is 0 Å². The molecule has 0 aromatic carbocycles. The van der Waals surface area contributed by atoms with Crippen LogP contribution in [0.2, 0.25) is 0 Å². The van der Waals surface area contributed by atoms with Gasteiger partial charge in [-0.15, -0.1) is 0 Å². The maximum absolute atomic E-state index is 6.69. The van der Waals surface area contributed by atoms with Gasteiger partial charge in [0.25, 0.3) is 0 Å². The molecule has 5 rings (SSSR count). The molecule has 18 heavy (non-hydrogen) atoms. The molecule has 0 spiro atoms. The summed E-state index contributed by atoms with van der Waals surface area (Å²) >= 11 is 0. The molecule has 2 atom stereocenters. The van der Waals surface area contributed by atoms with Crippen molar-refractivity contribution >= 4 is 0 Å². The molecule has 4 aliphatic carbocycles. The monoisotopic (exact) mass is 249 g/mol. The van der Waals surface area contributed by atoms with Gasteiger partial charge in [0.2, 0.25) is 0 Å². The molecule has 1 heterocycles. The highest BCUT2D eigenvalue weighted by Crippen LogP contribution is 2.57. The van der Waals surface area contributed by atoms with Crippen molar-refractivity contribution in [2.24, 2.45) is 41.2 Å². The van der Waals surface area contributed by atoms with Crippen molar-refractivity contribution in [2.45, 2.75) is 51.0 Å². The molecule has 0 aromatic rings. The fraction of sp³-hybridized carbons (Fsp3) is 1.00. The van der Waals surface area contributed by atoms with Gasteiger partial charge in [0.1, 0.15) is 0 Å². The highest BCUT2D eigenvalue weighted by molar-refractivity contribution is 5.02. The first kappa shape index (κ1) is 11.7. The van der Waals surface area contributed by atoms with Gasteiger partial charge in [-0.1, -0.05) is 0 Å². The van der Waals surface area contributed by atoms with E-state index < -0.39 is 0 Å². The van der Waals surface area contributed by atoms with E-state index >= 15 is 0 Å². The highest BCUT2D eigenvalue weighted by Gasteiger charge is 2.50. The molecule has 0 amide bonds. The lowest BCUT2D eigenvalue weighted by Crippen LogP contribution is -2.54. The van der Waals surface area contributed by atoms with Gasteiger partial charge in [0, 0.05) is 12.6 Å². The van der Waals surface area contributed by atoms with Crippen molar-refractivity contribution in [3.8, 4) is 0 Å². The standard InChI is InChI=1S/C16H27NO/c17-16(12-2-1-3-18-9-12)15-13-5-10-4-11(7-13)8-14(15)6-10/h10-16H,1-9,17H2. The zero-order valence-electron chi connectivity index (χ0n) is 11.4. The summed E-state index contributed by atoms with van der Waals surface area (Å²) in [6, 6.07) is 0.431. The second-order valence-corrected chi connectivity index (χ2v) is 7.56. The number of nitrogens with two attached hydrogens (primary N) is 1. The molecule has 5 fully saturated rings. The smallest absolute Gasteiger partial charge is 0.0509 e. The second-order valence-electron chi connectivity index (χ2n) is 7.56. The van der Waals surface area contributed by atoms with Crippen LogP contribution < -0.4 is 5.73 Å². The SMILES string of the molecule is NC(C1CCCOC1)C1C2CC3CC(C2)CC1C3. The van der Waals surface area contributed by atoms with E-state index in [4.69, 9.17) is 10.5 Å². The summed E-state index contributed by atoms with van der Waals surface area (Å²) in [7, 11) is 0. The van der Waals surface area contributed by atoms with E-state index in [2.05, 4.69) is 0 Å². The van der Waals surface area contributed by atoms with E-state index in [1.165, 1.54) is 38.5 Å². The Morgan fingerprint density at radius 3 is 2.17 bits per heavy atom. The molecule has 2 nitrogen and oxygen atoms in total. The molecule has 5 aliphatic rings. The van der Waals surface area contributed by atoms with Crippen LogP contribution in [-0.4, -0.2) is 19.3 Å². The Kier molecular flexibility index (Phi) is 2.92. The Bertz CT molecular complexity index is 282. The van der Waals surface area contributed by atoms with Crippen LogP contribution in [0.3, 0.4) is 0 Å². The van der Waals surface area contributed by atoms with Gasteiger partial charge < -0.3 is 10.5 Å². The van der Waals surface area contributed by atoms with Crippen LogP contribution in [0.1, 0.15) is 44.9 Å². The van der Waals surface area contributed by atoms with Gasteiger partial charge in [-0.05, 0) is 80.5 Å². The lowest BCUT2D eigenvalue weighted by molar-refractivity contribution is -0.0667. The first-order valence-corrected chi connectivity index (χ1v) is 8.14. The van der Waals surface area contributed by atoms with E-state index in [-0.39, 0.29) is 0 Å². The molecule has 1 saturated heterocycles. The third-order valence-electron chi connectivity index (χ3n) is 6.48. The van der Waals surface area contributed by atoms with E-state index in [1.54, 1.807) is 6.42 Å². The Morgan fingerprint density at radius 1 is 0.944 bits per heavy atom. The predicted octanol–water partition coefficient (Wildman–Crippen LogP) is 2.81. The van der Waals surface area contributed by atoms with Crippen molar-refractivity contribution in [2.75, 3.05) is 13.2 Å². The van der Waals surface area contributed by atoms with Gasteiger partial charge >= 0.3 is 0 Å². The molecular weight excluding hydrogens is 222 g/mol. The van der Waals surface area contributed by atoms with Crippen molar-refractivity contribution < 1.29 is 4.74 Å². The number of hydrogen-bond donors (Lipinski definition) is 1. The molecule has 2 unspecified atom stereocenters. The summed E-state index contributed by atoms with van der Waals surface area (Å²) in [5.41, 5.74) is 6.69. The molecular formula is C16H27NO. The largest absolute Gasteiger partial charge is 0.381 e. The molecule has 4 saturated carbocycles. The van der Waals surface area contributed by atoms with E-state index in [0.29, 0.717) is 12.0 Å².